The van der Waals surface area contributed by atoms with Crippen molar-refractivity contribution in [2.45, 2.75) is 13.3 Å². The second-order valence-electron chi connectivity index (χ2n) is 5.91. The van der Waals surface area contributed by atoms with Crippen molar-refractivity contribution in [1.82, 2.24) is 19.5 Å². The molecular formula is C16H18ClN5OS2. The molecule has 2 aromatic heterocycles. The fraction of sp³-hybridized carbons (Fsp3) is 0.375. The van der Waals surface area contributed by atoms with Crippen LogP contribution in [0.1, 0.15) is 21.8 Å². The van der Waals surface area contributed by atoms with Crippen molar-refractivity contribution in [3.8, 4) is 0 Å². The van der Waals surface area contributed by atoms with Gasteiger partial charge in [0.15, 0.2) is 5.13 Å². The van der Waals surface area contributed by atoms with Crippen molar-refractivity contribution in [1.29, 1.82) is 0 Å². The molecule has 1 amide bonds. The first-order chi connectivity index (χ1) is 12.0. The first-order valence-electron chi connectivity index (χ1n) is 7.77. The van der Waals surface area contributed by atoms with Crippen LogP contribution in [0.5, 0.6) is 0 Å². The van der Waals surface area contributed by atoms with Crippen molar-refractivity contribution in [2.24, 2.45) is 0 Å². The number of hydrogen-bond acceptors (Lipinski definition) is 7. The first kappa shape index (κ1) is 18.2. The Morgan fingerprint density at radius 1 is 1.28 bits per heavy atom. The van der Waals surface area contributed by atoms with Crippen LogP contribution in [-0.2, 0) is 0 Å². The Morgan fingerprint density at radius 2 is 2.08 bits per heavy atom. The number of fused-ring (bicyclic) bond motifs is 1. The predicted molar refractivity (Wildman–Crippen MR) is 104 cm³/mol. The molecule has 132 valence electrons. The molecule has 3 aromatic rings. The van der Waals surface area contributed by atoms with Gasteiger partial charge in [-0.05, 0) is 63.7 Å². The van der Waals surface area contributed by atoms with Gasteiger partial charge in [0.05, 0.1) is 15.9 Å². The number of carbonyl (C=O) groups excluding carboxylic acids is 1. The second kappa shape index (κ2) is 7.74. The number of halogens is 1. The highest BCUT2D eigenvalue weighted by Crippen LogP contribution is 2.32. The molecule has 0 bridgehead atoms. The van der Waals surface area contributed by atoms with E-state index in [1.165, 1.54) is 11.3 Å². The maximum absolute atomic E-state index is 13.0. The van der Waals surface area contributed by atoms with Gasteiger partial charge in [0, 0.05) is 11.6 Å². The zero-order valence-corrected chi connectivity index (χ0v) is 16.6. The number of aryl methyl sites for hydroxylation is 1. The van der Waals surface area contributed by atoms with E-state index in [-0.39, 0.29) is 5.91 Å². The summed E-state index contributed by atoms with van der Waals surface area (Å²) in [5, 5.41) is 5.29. The number of hydrogen-bond donors (Lipinski definition) is 0. The number of amides is 1. The van der Waals surface area contributed by atoms with Gasteiger partial charge in [-0.1, -0.05) is 27.4 Å². The molecule has 0 unspecified atom stereocenters. The van der Waals surface area contributed by atoms with E-state index >= 15 is 0 Å². The average molecular weight is 396 g/mol. The minimum Gasteiger partial charge on any atom is -0.309 e. The Labute approximate surface area is 159 Å². The van der Waals surface area contributed by atoms with E-state index in [0.29, 0.717) is 27.3 Å². The third kappa shape index (κ3) is 4.14. The van der Waals surface area contributed by atoms with Crippen LogP contribution in [0.3, 0.4) is 0 Å². The molecule has 0 aliphatic carbocycles. The molecule has 0 N–H and O–H groups in total. The average Bonchev–Trinajstić information content (AvgIpc) is 3.16. The summed E-state index contributed by atoms with van der Waals surface area (Å²) in [6.07, 6.45) is 0.848. The fourth-order valence-corrected chi connectivity index (χ4v) is 4.25. The third-order valence-corrected chi connectivity index (χ3v) is 5.74. The van der Waals surface area contributed by atoms with Gasteiger partial charge in [0.25, 0.3) is 5.91 Å². The maximum Gasteiger partial charge on any atom is 0.273 e. The van der Waals surface area contributed by atoms with Crippen molar-refractivity contribution in [3.63, 3.8) is 0 Å². The van der Waals surface area contributed by atoms with Crippen LogP contribution in [0.25, 0.3) is 10.2 Å². The van der Waals surface area contributed by atoms with Gasteiger partial charge in [0.1, 0.15) is 4.88 Å². The number of aromatic nitrogens is 3. The minimum atomic E-state index is -0.101. The van der Waals surface area contributed by atoms with Crippen LogP contribution in [0.4, 0.5) is 5.13 Å². The van der Waals surface area contributed by atoms with Gasteiger partial charge < -0.3 is 4.90 Å². The monoisotopic (exact) mass is 395 g/mol. The number of carbonyl (C=O) groups is 1. The van der Waals surface area contributed by atoms with Crippen molar-refractivity contribution in [2.75, 3.05) is 32.1 Å². The van der Waals surface area contributed by atoms with E-state index in [2.05, 4.69) is 19.5 Å². The van der Waals surface area contributed by atoms with E-state index < -0.39 is 0 Å². The SMILES string of the molecule is Cc1nnsc1C(=O)N(CCCN(C)C)c1nc2ccc(Cl)cc2s1. The molecule has 1 aromatic carbocycles. The normalized spacial score (nSPS) is 11.4. The van der Waals surface area contributed by atoms with Crippen LogP contribution >= 0.6 is 34.5 Å². The van der Waals surface area contributed by atoms with E-state index in [0.717, 1.165) is 34.7 Å². The molecule has 0 aliphatic rings. The molecule has 2 heterocycles. The number of thiazole rings is 1. The van der Waals surface area contributed by atoms with Gasteiger partial charge in [-0.3, -0.25) is 9.69 Å². The first-order valence-corrected chi connectivity index (χ1v) is 9.74. The molecule has 0 saturated heterocycles. The smallest absolute Gasteiger partial charge is 0.273 e. The zero-order valence-electron chi connectivity index (χ0n) is 14.2. The molecule has 9 heteroatoms. The predicted octanol–water partition coefficient (Wildman–Crippen LogP) is 3.71. The number of rotatable bonds is 6. The molecule has 0 saturated carbocycles. The molecular weight excluding hydrogens is 378 g/mol. The Morgan fingerprint density at radius 3 is 2.76 bits per heavy atom. The van der Waals surface area contributed by atoms with Gasteiger partial charge >= 0.3 is 0 Å². The molecule has 25 heavy (non-hydrogen) atoms. The van der Waals surface area contributed by atoms with Crippen LogP contribution in [0, 0.1) is 6.92 Å². The van der Waals surface area contributed by atoms with Gasteiger partial charge in [0.2, 0.25) is 0 Å². The molecule has 3 rings (SSSR count). The van der Waals surface area contributed by atoms with Gasteiger partial charge in [-0.25, -0.2) is 4.98 Å². The summed E-state index contributed by atoms with van der Waals surface area (Å²) in [5.41, 5.74) is 1.49. The molecule has 0 fully saturated rings. The zero-order chi connectivity index (χ0) is 18.0. The third-order valence-electron chi connectivity index (χ3n) is 3.65. The highest BCUT2D eigenvalue weighted by atomic mass is 35.5. The van der Waals surface area contributed by atoms with Crippen LogP contribution in [0.2, 0.25) is 5.02 Å². The molecule has 0 aliphatic heterocycles. The lowest BCUT2D eigenvalue weighted by Gasteiger charge is -2.20. The fourth-order valence-electron chi connectivity index (χ4n) is 2.38. The minimum absolute atomic E-state index is 0.101. The largest absolute Gasteiger partial charge is 0.309 e. The second-order valence-corrected chi connectivity index (χ2v) is 8.11. The lowest BCUT2D eigenvalue weighted by Crippen LogP contribution is -2.33. The summed E-state index contributed by atoms with van der Waals surface area (Å²) in [5.74, 6) is -0.101. The summed E-state index contributed by atoms with van der Waals surface area (Å²) < 4.78 is 4.85. The van der Waals surface area contributed by atoms with Crippen LogP contribution in [0.15, 0.2) is 18.2 Å². The summed E-state index contributed by atoms with van der Waals surface area (Å²) in [6, 6.07) is 5.56. The number of benzene rings is 1. The highest BCUT2D eigenvalue weighted by Gasteiger charge is 2.24. The van der Waals surface area contributed by atoms with Crippen LogP contribution < -0.4 is 4.90 Å². The molecule has 6 nitrogen and oxygen atoms in total. The lowest BCUT2D eigenvalue weighted by molar-refractivity contribution is 0.0989. The summed E-state index contributed by atoms with van der Waals surface area (Å²) in [7, 11) is 4.03. The van der Waals surface area contributed by atoms with Crippen LogP contribution in [-0.4, -0.2) is 52.6 Å². The summed E-state index contributed by atoms with van der Waals surface area (Å²) in [6.45, 7) is 3.27. The number of anilines is 1. The van der Waals surface area contributed by atoms with E-state index in [4.69, 9.17) is 11.6 Å². The maximum atomic E-state index is 13.0. The Bertz CT molecular complexity index is 892. The quantitative estimate of drug-likeness (QED) is 0.636. The summed E-state index contributed by atoms with van der Waals surface area (Å²) >= 11 is 8.66. The number of nitrogens with zero attached hydrogens (tertiary/aromatic N) is 5. The Balaban J connectivity index is 1.94. The van der Waals surface area contributed by atoms with E-state index in [1.54, 1.807) is 11.8 Å². The highest BCUT2D eigenvalue weighted by molar-refractivity contribution is 7.22. The van der Waals surface area contributed by atoms with E-state index in [1.807, 2.05) is 32.3 Å². The topological polar surface area (TPSA) is 62.2 Å². The Hall–Kier alpha value is -1.61. The molecule has 0 radical (unpaired) electrons. The molecule has 0 atom stereocenters. The standard InChI is InChI=1S/C16H18ClN5OS2/c1-10-14(25-20-19-10)15(23)22(8-4-7-21(2)3)16-18-12-6-5-11(17)9-13(12)24-16/h5-6,9H,4,7-8H2,1-3H3. The van der Waals surface area contributed by atoms with Crippen molar-refractivity contribution < 1.29 is 4.79 Å². The van der Waals surface area contributed by atoms with Crippen molar-refractivity contribution in [3.05, 3.63) is 33.8 Å². The van der Waals surface area contributed by atoms with Crippen molar-refractivity contribution >= 4 is 55.7 Å². The van der Waals surface area contributed by atoms with Gasteiger partial charge in [-0.2, -0.15) is 0 Å². The summed E-state index contributed by atoms with van der Waals surface area (Å²) in [4.78, 5) is 22.0. The van der Waals surface area contributed by atoms with Gasteiger partial charge in [-0.15, -0.1) is 5.10 Å². The Kier molecular flexibility index (Phi) is 5.63. The lowest BCUT2D eigenvalue weighted by atomic mass is 10.3. The van der Waals surface area contributed by atoms with E-state index in [9.17, 15) is 4.79 Å². The molecule has 0 spiro atoms.